The van der Waals surface area contributed by atoms with Crippen molar-refractivity contribution in [1.29, 1.82) is 0 Å². The fourth-order valence-corrected chi connectivity index (χ4v) is 4.30. The Bertz CT molecular complexity index is 1240. The average molecular weight is 542 g/mol. The summed E-state index contributed by atoms with van der Waals surface area (Å²) in [5.74, 6) is -1.05. The van der Waals surface area contributed by atoms with E-state index in [2.05, 4.69) is 10.7 Å². The molecule has 0 radical (unpaired) electrons. The molecule has 1 aliphatic rings. The van der Waals surface area contributed by atoms with Crippen LogP contribution in [0.1, 0.15) is 53.6 Å². The molecule has 1 aliphatic heterocycles. The van der Waals surface area contributed by atoms with Crippen LogP contribution in [0.2, 0.25) is 10.0 Å². The predicted octanol–water partition coefficient (Wildman–Crippen LogP) is 4.75. The quantitative estimate of drug-likeness (QED) is 0.379. The van der Waals surface area contributed by atoms with Gasteiger partial charge in [0.2, 0.25) is 0 Å². The van der Waals surface area contributed by atoms with Crippen molar-refractivity contribution in [3.63, 3.8) is 0 Å². The number of aliphatic hydroxyl groups is 1. The van der Waals surface area contributed by atoms with Crippen molar-refractivity contribution >= 4 is 35.0 Å². The lowest BCUT2D eigenvalue weighted by Gasteiger charge is -2.27. The molecule has 194 valence electrons. The highest BCUT2D eigenvalue weighted by Crippen LogP contribution is 2.31. The van der Waals surface area contributed by atoms with E-state index in [0.29, 0.717) is 39.0 Å². The van der Waals surface area contributed by atoms with Gasteiger partial charge < -0.3 is 10.4 Å². The van der Waals surface area contributed by atoms with E-state index in [1.807, 2.05) is 5.01 Å². The Hall–Kier alpha value is -3.04. The Morgan fingerprint density at radius 3 is 1.84 bits per heavy atom. The number of carbonyl (C=O) groups excluding carboxylic acids is 2. The first-order valence-corrected chi connectivity index (χ1v) is 13.0. The van der Waals surface area contributed by atoms with Gasteiger partial charge in [0, 0.05) is 40.8 Å². The first-order chi connectivity index (χ1) is 17.8. The molecule has 1 aromatic heterocycles. The molecule has 1 atom stereocenters. The van der Waals surface area contributed by atoms with Crippen LogP contribution in [0.15, 0.2) is 48.5 Å². The van der Waals surface area contributed by atoms with Crippen LogP contribution < -0.4 is 10.7 Å². The predicted molar refractivity (Wildman–Crippen MR) is 144 cm³/mol. The summed E-state index contributed by atoms with van der Waals surface area (Å²) in [5.41, 5.74) is 4.95. The highest BCUT2D eigenvalue weighted by atomic mass is 35.5. The standard InChI is InChI=1S/C27H29Cl2N5O3/c1-17(35)13-14-30-26(36)24-25(27(37)33-34-15-3-2-4-16-34)32-23(19-7-11-21(29)12-8-19)22(31-24)18-5-9-20(28)10-6-18/h5-12,17,35H,2-4,13-16H2,1H3,(H,30,36)(H,33,37). The lowest BCUT2D eigenvalue weighted by atomic mass is 10.0. The van der Waals surface area contributed by atoms with Gasteiger partial charge in [-0.15, -0.1) is 0 Å². The van der Waals surface area contributed by atoms with E-state index < -0.39 is 17.9 Å². The summed E-state index contributed by atoms with van der Waals surface area (Å²) >= 11 is 12.2. The van der Waals surface area contributed by atoms with Crippen LogP contribution in [0.4, 0.5) is 0 Å². The van der Waals surface area contributed by atoms with E-state index in [4.69, 9.17) is 33.2 Å². The number of halogens is 2. The maximum atomic E-state index is 13.4. The Labute approximate surface area is 226 Å². The third-order valence-electron chi connectivity index (χ3n) is 6.02. The molecule has 1 fully saturated rings. The van der Waals surface area contributed by atoms with Crippen molar-refractivity contribution in [2.45, 2.75) is 38.7 Å². The van der Waals surface area contributed by atoms with Gasteiger partial charge in [0.1, 0.15) is 0 Å². The van der Waals surface area contributed by atoms with Gasteiger partial charge in [0.15, 0.2) is 11.4 Å². The van der Waals surface area contributed by atoms with Crippen LogP contribution in [-0.4, -0.2) is 57.6 Å². The molecule has 10 heteroatoms. The molecule has 2 aromatic carbocycles. The normalized spacial score (nSPS) is 14.7. The van der Waals surface area contributed by atoms with Crippen LogP contribution in [0.3, 0.4) is 0 Å². The number of amides is 2. The topological polar surface area (TPSA) is 107 Å². The maximum Gasteiger partial charge on any atom is 0.286 e. The summed E-state index contributed by atoms with van der Waals surface area (Å²) in [4.78, 5) is 36.1. The van der Waals surface area contributed by atoms with E-state index in [0.717, 1.165) is 32.4 Å². The van der Waals surface area contributed by atoms with Gasteiger partial charge in [-0.2, -0.15) is 0 Å². The molecule has 3 aromatic rings. The lowest BCUT2D eigenvalue weighted by molar-refractivity contribution is 0.0737. The molecule has 2 heterocycles. The Balaban J connectivity index is 1.82. The van der Waals surface area contributed by atoms with Gasteiger partial charge in [-0.3, -0.25) is 15.0 Å². The summed E-state index contributed by atoms with van der Waals surface area (Å²) in [6, 6.07) is 14.1. The second-order valence-electron chi connectivity index (χ2n) is 9.01. The number of aliphatic hydroxyl groups excluding tert-OH is 1. The Morgan fingerprint density at radius 2 is 1.35 bits per heavy atom. The summed E-state index contributed by atoms with van der Waals surface area (Å²) in [6.07, 6.45) is 2.85. The van der Waals surface area contributed by atoms with Gasteiger partial charge >= 0.3 is 0 Å². The van der Waals surface area contributed by atoms with Gasteiger partial charge in [0.25, 0.3) is 11.8 Å². The van der Waals surface area contributed by atoms with Gasteiger partial charge in [-0.25, -0.2) is 15.0 Å². The summed E-state index contributed by atoms with van der Waals surface area (Å²) < 4.78 is 0. The second kappa shape index (κ2) is 12.5. The molecule has 0 spiro atoms. The molecular weight excluding hydrogens is 513 g/mol. The number of nitrogens with one attached hydrogen (secondary N) is 2. The van der Waals surface area contributed by atoms with E-state index >= 15 is 0 Å². The molecule has 4 rings (SSSR count). The number of benzene rings is 2. The van der Waals surface area contributed by atoms with E-state index in [-0.39, 0.29) is 17.9 Å². The minimum absolute atomic E-state index is 0.0808. The third-order valence-corrected chi connectivity index (χ3v) is 6.53. The Morgan fingerprint density at radius 1 is 0.865 bits per heavy atom. The molecular formula is C27H29Cl2N5O3. The molecule has 1 saturated heterocycles. The molecule has 3 N–H and O–H groups in total. The number of nitrogens with zero attached hydrogens (tertiary/aromatic N) is 3. The fourth-order valence-electron chi connectivity index (χ4n) is 4.05. The monoisotopic (exact) mass is 541 g/mol. The first kappa shape index (κ1) is 27.0. The van der Waals surface area contributed by atoms with E-state index in [1.54, 1.807) is 55.5 Å². The molecule has 2 amide bonds. The summed E-state index contributed by atoms with van der Waals surface area (Å²) in [5, 5.41) is 15.3. The van der Waals surface area contributed by atoms with Gasteiger partial charge in [-0.05, 0) is 50.5 Å². The van der Waals surface area contributed by atoms with Crippen molar-refractivity contribution in [3.05, 3.63) is 70.0 Å². The zero-order valence-corrected chi connectivity index (χ0v) is 22.0. The molecule has 1 unspecified atom stereocenters. The molecule has 8 nitrogen and oxygen atoms in total. The van der Waals surface area contributed by atoms with Crippen molar-refractivity contribution < 1.29 is 14.7 Å². The van der Waals surface area contributed by atoms with Crippen LogP contribution in [0.5, 0.6) is 0 Å². The number of carbonyl (C=O) groups is 2. The smallest absolute Gasteiger partial charge is 0.286 e. The molecule has 0 bridgehead atoms. The minimum atomic E-state index is -0.579. The molecule has 0 aliphatic carbocycles. The van der Waals surface area contributed by atoms with Crippen molar-refractivity contribution in [2.75, 3.05) is 19.6 Å². The van der Waals surface area contributed by atoms with Gasteiger partial charge in [-0.1, -0.05) is 53.9 Å². The minimum Gasteiger partial charge on any atom is -0.393 e. The van der Waals surface area contributed by atoms with E-state index in [1.165, 1.54) is 0 Å². The molecule has 0 saturated carbocycles. The number of aromatic nitrogens is 2. The summed E-state index contributed by atoms with van der Waals surface area (Å²) in [6.45, 7) is 3.31. The lowest BCUT2D eigenvalue weighted by Crippen LogP contribution is -2.46. The number of hydrogen-bond acceptors (Lipinski definition) is 6. The van der Waals surface area contributed by atoms with Crippen LogP contribution >= 0.6 is 23.2 Å². The van der Waals surface area contributed by atoms with Crippen LogP contribution in [0.25, 0.3) is 22.5 Å². The number of piperidine rings is 1. The highest BCUT2D eigenvalue weighted by molar-refractivity contribution is 6.31. The van der Waals surface area contributed by atoms with Crippen LogP contribution in [-0.2, 0) is 0 Å². The summed E-state index contributed by atoms with van der Waals surface area (Å²) in [7, 11) is 0. The van der Waals surface area contributed by atoms with Crippen molar-refractivity contribution in [2.24, 2.45) is 0 Å². The van der Waals surface area contributed by atoms with Gasteiger partial charge in [0.05, 0.1) is 17.5 Å². The zero-order valence-electron chi connectivity index (χ0n) is 20.5. The zero-order chi connectivity index (χ0) is 26.4. The number of rotatable bonds is 8. The van der Waals surface area contributed by atoms with E-state index in [9.17, 15) is 14.7 Å². The number of hydrazine groups is 1. The molecule has 37 heavy (non-hydrogen) atoms. The maximum absolute atomic E-state index is 13.4. The van der Waals surface area contributed by atoms with Crippen molar-refractivity contribution in [3.8, 4) is 22.5 Å². The number of hydrogen-bond donors (Lipinski definition) is 3. The van der Waals surface area contributed by atoms with Crippen LogP contribution in [0, 0.1) is 0 Å². The third kappa shape index (κ3) is 7.05. The first-order valence-electron chi connectivity index (χ1n) is 12.3. The fraction of sp³-hybridized carbons (Fsp3) is 0.333. The average Bonchev–Trinajstić information content (AvgIpc) is 2.89. The van der Waals surface area contributed by atoms with Crippen molar-refractivity contribution in [1.82, 2.24) is 25.7 Å². The largest absolute Gasteiger partial charge is 0.393 e. The second-order valence-corrected chi connectivity index (χ2v) is 9.89. The Kier molecular flexibility index (Phi) is 9.10. The highest BCUT2D eigenvalue weighted by Gasteiger charge is 2.27. The SMILES string of the molecule is CC(O)CCNC(=O)c1nc(-c2ccc(Cl)cc2)c(-c2ccc(Cl)cc2)nc1C(=O)NN1CCCCC1.